The third-order valence-electron chi connectivity index (χ3n) is 3.52. The second-order valence-corrected chi connectivity index (χ2v) is 5.26. The zero-order chi connectivity index (χ0) is 14.1. The molecular formula is C15H19N5. The molecular weight excluding hydrogens is 250 g/mol. The molecule has 0 saturated heterocycles. The third-order valence-corrected chi connectivity index (χ3v) is 3.52. The van der Waals surface area contributed by atoms with Crippen LogP contribution in [0.5, 0.6) is 0 Å². The Labute approximate surface area is 118 Å². The average molecular weight is 269 g/mol. The Morgan fingerprint density at radius 3 is 2.85 bits per heavy atom. The van der Waals surface area contributed by atoms with E-state index in [2.05, 4.69) is 59.0 Å². The molecule has 20 heavy (non-hydrogen) atoms. The van der Waals surface area contributed by atoms with Crippen molar-refractivity contribution in [3.05, 3.63) is 48.2 Å². The summed E-state index contributed by atoms with van der Waals surface area (Å²) in [5.74, 6) is 0.973. The van der Waals surface area contributed by atoms with Gasteiger partial charge in [-0.05, 0) is 43.0 Å². The molecule has 0 aliphatic heterocycles. The van der Waals surface area contributed by atoms with Crippen molar-refractivity contribution in [2.24, 2.45) is 5.73 Å². The van der Waals surface area contributed by atoms with Gasteiger partial charge in [-0.25, -0.2) is 9.67 Å². The van der Waals surface area contributed by atoms with Crippen molar-refractivity contribution >= 4 is 10.9 Å². The zero-order valence-electron chi connectivity index (χ0n) is 11.8. The minimum absolute atomic E-state index is 0.318. The summed E-state index contributed by atoms with van der Waals surface area (Å²) in [6.07, 6.45) is 3.71. The molecule has 0 saturated carbocycles. The van der Waals surface area contributed by atoms with E-state index in [1.165, 1.54) is 10.9 Å². The fourth-order valence-electron chi connectivity index (χ4n) is 2.49. The quantitative estimate of drug-likeness (QED) is 0.790. The summed E-state index contributed by atoms with van der Waals surface area (Å²) < 4.78 is 4.15. The molecule has 5 nitrogen and oxygen atoms in total. The Bertz CT molecular complexity index is 723. The first-order valence-corrected chi connectivity index (χ1v) is 6.85. The Hall–Kier alpha value is -2.14. The fraction of sp³-hybridized carbons (Fsp3) is 0.333. The summed E-state index contributed by atoms with van der Waals surface area (Å²) >= 11 is 0. The van der Waals surface area contributed by atoms with Crippen LogP contribution in [0.15, 0.2) is 36.8 Å². The van der Waals surface area contributed by atoms with Gasteiger partial charge in [0, 0.05) is 24.3 Å². The highest BCUT2D eigenvalue weighted by Crippen LogP contribution is 2.19. The lowest BCUT2D eigenvalue weighted by Gasteiger charge is -2.10. The lowest BCUT2D eigenvalue weighted by molar-refractivity contribution is 0.498. The number of nitrogens with two attached hydrogens (primary N) is 1. The number of hydrogen-bond donors (Lipinski definition) is 1. The maximum Gasteiger partial charge on any atom is 0.147 e. The van der Waals surface area contributed by atoms with Gasteiger partial charge in [0.15, 0.2) is 0 Å². The summed E-state index contributed by atoms with van der Waals surface area (Å²) in [7, 11) is 0. The van der Waals surface area contributed by atoms with Crippen LogP contribution in [-0.2, 0) is 13.1 Å². The number of hydrogen-bond acceptors (Lipinski definition) is 3. The molecule has 2 aromatic heterocycles. The van der Waals surface area contributed by atoms with Crippen LogP contribution >= 0.6 is 0 Å². The van der Waals surface area contributed by atoms with Crippen molar-refractivity contribution in [3.63, 3.8) is 0 Å². The molecule has 0 spiro atoms. The van der Waals surface area contributed by atoms with Crippen LogP contribution in [-0.4, -0.2) is 19.3 Å². The summed E-state index contributed by atoms with van der Waals surface area (Å²) in [5.41, 5.74) is 8.03. The van der Waals surface area contributed by atoms with E-state index >= 15 is 0 Å². The highest BCUT2D eigenvalue weighted by molar-refractivity contribution is 5.80. The molecule has 0 atom stereocenters. The molecule has 3 aromatic rings. The molecule has 1 aromatic carbocycles. The van der Waals surface area contributed by atoms with E-state index in [1.807, 2.05) is 4.68 Å². The third kappa shape index (κ3) is 2.20. The summed E-state index contributed by atoms with van der Waals surface area (Å²) in [6.45, 7) is 5.52. The monoisotopic (exact) mass is 269 g/mol. The van der Waals surface area contributed by atoms with Crippen LogP contribution in [0.3, 0.4) is 0 Å². The van der Waals surface area contributed by atoms with Crippen molar-refractivity contribution in [2.75, 3.05) is 0 Å². The van der Waals surface area contributed by atoms with Crippen LogP contribution in [0, 0.1) is 0 Å². The van der Waals surface area contributed by atoms with Gasteiger partial charge in [-0.3, -0.25) is 0 Å². The molecule has 104 valence electrons. The number of fused-ring (bicyclic) bond motifs is 1. The minimum Gasteiger partial charge on any atom is -0.340 e. The van der Waals surface area contributed by atoms with Crippen molar-refractivity contribution in [2.45, 2.75) is 33.0 Å². The normalized spacial score (nSPS) is 11.6. The molecule has 0 radical (unpaired) electrons. The Morgan fingerprint density at radius 2 is 2.10 bits per heavy atom. The highest BCUT2D eigenvalue weighted by atomic mass is 15.4. The Kier molecular flexibility index (Phi) is 3.28. The molecule has 0 fully saturated rings. The lowest BCUT2D eigenvalue weighted by atomic mass is 10.1. The molecule has 0 bridgehead atoms. The van der Waals surface area contributed by atoms with E-state index in [1.54, 1.807) is 6.33 Å². The SMILES string of the molecule is CC(C)n1ncnc1Cn1ccc2cc(CN)ccc21. The number of benzene rings is 1. The van der Waals surface area contributed by atoms with Crippen LogP contribution in [0.4, 0.5) is 0 Å². The highest BCUT2D eigenvalue weighted by Gasteiger charge is 2.09. The second-order valence-electron chi connectivity index (χ2n) is 5.26. The van der Waals surface area contributed by atoms with Crippen LogP contribution in [0.1, 0.15) is 31.3 Å². The molecule has 3 rings (SSSR count). The van der Waals surface area contributed by atoms with E-state index in [0.29, 0.717) is 12.6 Å². The first-order chi connectivity index (χ1) is 9.69. The molecule has 5 heteroatoms. The van der Waals surface area contributed by atoms with Crippen molar-refractivity contribution in [1.82, 2.24) is 19.3 Å². The second kappa shape index (κ2) is 5.09. The van der Waals surface area contributed by atoms with Gasteiger partial charge in [0.1, 0.15) is 12.2 Å². The van der Waals surface area contributed by atoms with Crippen molar-refractivity contribution < 1.29 is 0 Å². The van der Waals surface area contributed by atoms with Gasteiger partial charge in [0.2, 0.25) is 0 Å². The van der Waals surface area contributed by atoms with Gasteiger partial charge >= 0.3 is 0 Å². The van der Waals surface area contributed by atoms with E-state index in [-0.39, 0.29) is 0 Å². The smallest absolute Gasteiger partial charge is 0.147 e. The molecule has 0 unspecified atom stereocenters. The number of aromatic nitrogens is 4. The molecule has 0 amide bonds. The maximum absolute atomic E-state index is 5.68. The van der Waals surface area contributed by atoms with Gasteiger partial charge in [0.25, 0.3) is 0 Å². The first kappa shape index (κ1) is 12.9. The van der Waals surface area contributed by atoms with Gasteiger partial charge < -0.3 is 10.3 Å². The van der Waals surface area contributed by atoms with Crippen LogP contribution < -0.4 is 5.73 Å². The van der Waals surface area contributed by atoms with E-state index < -0.39 is 0 Å². The molecule has 0 aliphatic rings. The zero-order valence-corrected chi connectivity index (χ0v) is 11.8. The fourth-order valence-corrected chi connectivity index (χ4v) is 2.49. The Morgan fingerprint density at radius 1 is 1.25 bits per heavy atom. The summed E-state index contributed by atoms with van der Waals surface area (Å²) in [5, 5.41) is 5.49. The van der Waals surface area contributed by atoms with Gasteiger partial charge in [0.05, 0.1) is 6.54 Å². The van der Waals surface area contributed by atoms with Gasteiger partial charge in [-0.1, -0.05) is 6.07 Å². The summed E-state index contributed by atoms with van der Waals surface area (Å²) in [4.78, 5) is 4.36. The topological polar surface area (TPSA) is 61.7 Å². The average Bonchev–Trinajstić information content (AvgIpc) is 3.06. The summed E-state index contributed by atoms with van der Waals surface area (Å²) in [6, 6.07) is 8.77. The number of rotatable bonds is 4. The number of nitrogens with zero attached hydrogens (tertiary/aromatic N) is 4. The largest absolute Gasteiger partial charge is 0.340 e. The molecule has 2 heterocycles. The molecule has 2 N–H and O–H groups in total. The van der Waals surface area contributed by atoms with Crippen LogP contribution in [0.25, 0.3) is 10.9 Å². The lowest BCUT2D eigenvalue weighted by Crippen LogP contribution is -2.11. The molecule has 0 aliphatic carbocycles. The Balaban J connectivity index is 1.97. The predicted molar refractivity (Wildman–Crippen MR) is 79.3 cm³/mol. The minimum atomic E-state index is 0.318. The van der Waals surface area contributed by atoms with E-state index in [4.69, 9.17) is 5.73 Å². The maximum atomic E-state index is 5.68. The first-order valence-electron chi connectivity index (χ1n) is 6.85. The van der Waals surface area contributed by atoms with Crippen molar-refractivity contribution in [3.8, 4) is 0 Å². The van der Waals surface area contributed by atoms with Crippen molar-refractivity contribution in [1.29, 1.82) is 0 Å². The van der Waals surface area contributed by atoms with Gasteiger partial charge in [-0.2, -0.15) is 5.10 Å². The predicted octanol–water partition coefficient (Wildman–Crippen LogP) is 2.32. The van der Waals surface area contributed by atoms with E-state index in [0.717, 1.165) is 17.9 Å². The van der Waals surface area contributed by atoms with Crippen LogP contribution in [0.2, 0.25) is 0 Å². The van der Waals surface area contributed by atoms with Gasteiger partial charge in [-0.15, -0.1) is 0 Å². The van der Waals surface area contributed by atoms with E-state index in [9.17, 15) is 0 Å². The standard InChI is InChI=1S/C15H19N5/c1-11(2)20-15(17-10-18-20)9-19-6-5-13-7-12(8-16)3-4-14(13)19/h3-7,10-11H,8-9,16H2,1-2H3.